The number of unbranched alkanes of at least 4 members (excludes halogenated alkanes) is 5. The molecule has 1 unspecified atom stereocenters. The van der Waals surface area contributed by atoms with Crippen LogP contribution in [0.15, 0.2) is 30.3 Å². The van der Waals surface area contributed by atoms with E-state index < -0.39 is 5.97 Å². The summed E-state index contributed by atoms with van der Waals surface area (Å²) in [5, 5.41) is 3.53. The van der Waals surface area contributed by atoms with Crippen molar-refractivity contribution in [2.75, 3.05) is 27.9 Å². The van der Waals surface area contributed by atoms with Crippen LogP contribution in [0.2, 0.25) is 0 Å². The predicted molar refractivity (Wildman–Crippen MR) is 103 cm³/mol. The van der Waals surface area contributed by atoms with Crippen LogP contribution in [0.25, 0.3) is 0 Å². The number of nitrogens with one attached hydrogen (secondary N) is 1. The Kier molecular flexibility index (Phi) is 11.7. The van der Waals surface area contributed by atoms with E-state index in [2.05, 4.69) is 36.5 Å². The minimum absolute atomic E-state index is 0.141. The van der Waals surface area contributed by atoms with E-state index in [0.717, 1.165) is 19.5 Å². The molecule has 0 heterocycles. The predicted octanol–water partition coefficient (Wildman–Crippen LogP) is 4.74. The second kappa shape index (κ2) is 13.3. The Morgan fingerprint density at radius 1 is 0.880 bits per heavy atom. The normalized spacial score (nSPS) is 13.1. The van der Waals surface area contributed by atoms with Crippen LogP contribution >= 0.6 is 0 Å². The molecule has 1 N–H and O–H groups in total. The fourth-order valence-corrected chi connectivity index (χ4v) is 3.31. The Morgan fingerprint density at radius 3 is 2.08 bits per heavy atom. The number of methoxy groups -OCH3 is 3. The van der Waals surface area contributed by atoms with E-state index in [4.69, 9.17) is 14.2 Å². The van der Waals surface area contributed by atoms with Gasteiger partial charge in [-0.1, -0.05) is 75.8 Å². The van der Waals surface area contributed by atoms with Crippen molar-refractivity contribution in [3.05, 3.63) is 35.9 Å². The molecule has 0 aliphatic heterocycles. The van der Waals surface area contributed by atoms with Crippen LogP contribution in [-0.2, 0) is 20.8 Å². The molecular formula is C21H37NO3. The molecule has 1 aromatic carbocycles. The van der Waals surface area contributed by atoms with Crippen molar-refractivity contribution in [1.82, 2.24) is 5.32 Å². The first-order valence-corrected chi connectivity index (χ1v) is 9.62. The third-order valence-corrected chi connectivity index (χ3v) is 4.82. The van der Waals surface area contributed by atoms with Gasteiger partial charge in [0.25, 0.3) is 5.97 Å². The van der Waals surface area contributed by atoms with Gasteiger partial charge in [0.1, 0.15) is 0 Å². The zero-order valence-electron chi connectivity index (χ0n) is 16.6. The largest absolute Gasteiger partial charge is 0.331 e. The van der Waals surface area contributed by atoms with E-state index in [0.29, 0.717) is 0 Å². The first kappa shape index (κ1) is 22.1. The average Bonchev–Trinajstić information content (AvgIpc) is 2.66. The van der Waals surface area contributed by atoms with Gasteiger partial charge in [-0.25, -0.2) is 0 Å². The molecule has 4 nitrogen and oxygen atoms in total. The first-order valence-electron chi connectivity index (χ1n) is 9.62. The molecule has 1 rings (SSSR count). The second-order valence-electron chi connectivity index (χ2n) is 6.59. The van der Waals surface area contributed by atoms with E-state index in [1.54, 1.807) is 21.3 Å². The quantitative estimate of drug-likeness (QED) is 0.366. The lowest BCUT2D eigenvalue weighted by Gasteiger charge is -2.36. The summed E-state index contributed by atoms with van der Waals surface area (Å²) in [6.07, 6.45) is 8.69. The Balaban J connectivity index is 2.52. The van der Waals surface area contributed by atoms with Crippen LogP contribution in [0, 0.1) is 5.92 Å². The molecule has 0 saturated heterocycles. The molecule has 1 atom stereocenters. The van der Waals surface area contributed by atoms with Gasteiger partial charge < -0.3 is 19.5 Å². The molecule has 144 valence electrons. The maximum Gasteiger partial charge on any atom is 0.286 e. The van der Waals surface area contributed by atoms with Gasteiger partial charge in [0.15, 0.2) is 0 Å². The van der Waals surface area contributed by atoms with Crippen molar-refractivity contribution in [2.24, 2.45) is 5.92 Å². The summed E-state index contributed by atoms with van der Waals surface area (Å²) in [5.41, 5.74) is 1.28. The number of hydrogen-bond donors (Lipinski definition) is 1. The highest BCUT2D eigenvalue weighted by Crippen LogP contribution is 2.28. The lowest BCUT2D eigenvalue weighted by Crippen LogP contribution is -2.48. The zero-order chi connectivity index (χ0) is 18.4. The summed E-state index contributed by atoms with van der Waals surface area (Å²) < 4.78 is 16.8. The molecule has 0 bridgehead atoms. The second-order valence-corrected chi connectivity index (χ2v) is 6.59. The van der Waals surface area contributed by atoms with Crippen molar-refractivity contribution < 1.29 is 14.2 Å². The highest BCUT2D eigenvalue weighted by molar-refractivity contribution is 5.14. The molecule has 0 fully saturated rings. The minimum atomic E-state index is -0.979. The maximum atomic E-state index is 5.61. The molecule has 0 aliphatic rings. The summed E-state index contributed by atoms with van der Waals surface area (Å²) in [6, 6.07) is 10.4. The van der Waals surface area contributed by atoms with Gasteiger partial charge in [0.2, 0.25) is 0 Å². The van der Waals surface area contributed by atoms with Gasteiger partial charge in [-0.15, -0.1) is 0 Å². The Labute approximate surface area is 154 Å². The smallest absolute Gasteiger partial charge is 0.286 e. The summed E-state index contributed by atoms with van der Waals surface area (Å²) >= 11 is 0. The number of hydrogen-bond acceptors (Lipinski definition) is 4. The highest BCUT2D eigenvalue weighted by Gasteiger charge is 2.39. The molecule has 1 aromatic rings. The Hall–Kier alpha value is -0.940. The average molecular weight is 352 g/mol. The fourth-order valence-electron chi connectivity index (χ4n) is 3.31. The fraction of sp³-hybridized carbons (Fsp3) is 0.714. The Bertz CT molecular complexity index is 412. The van der Waals surface area contributed by atoms with Crippen LogP contribution in [-0.4, -0.2) is 33.8 Å². The summed E-state index contributed by atoms with van der Waals surface area (Å²) in [4.78, 5) is 0. The van der Waals surface area contributed by atoms with E-state index in [-0.39, 0.29) is 5.92 Å². The van der Waals surface area contributed by atoms with Gasteiger partial charge in [-0.2, -0.15) is 0 Å². The summed E-state index contributed by atoms with van der Waals surface area (Å²) in [6.45, 7) is 3.87. The SMILES string of the molecule is CCCCCCCCC(CNCc1ccccc1)C(OC)(OC)OC. The molecule has 4 heteroatoms. The third-order valence-electron chi connectivity index (χ3n) is 4.82. The van der Waals surface area contributed by atoms with Gasteiger partial charge in [0, 0.05) is 34.4 Å². The Morgan fingerprint density at radius 2 is 1.48 bits per heavy atom. The van der Waals surface area contributed by atoms with Crippen LogP contribution < -0.4 is 5.32 Å². The molecule has 0 aliphatic carbocycles. The number of rotatable bonds is 15. The minimum Gasteiger partial charge on any atom is -0.331 e. The molecule has 0 aromatic heterocycles. The molecule has 0 radical (unpaired) electrons. The number of ether oxygens (including phenoxy) is 3. The zero-order valence-corrected chi connectivity index (χ0v) is 16.6. The third kappa shape index (κ3) is 7.87. The lowest BCUT2D eigenvalue weighted by molar-refractivity contribution is -0.378. The van der Waals surface area contributed by atoms with Gasteiger partial charge >= 0.3 is 0 Å². The van der Waals surface area contributed by atoms with E-state index >= 15 is 0 Å². The molecule has 0 amide bonds. The summed E-state index contributed by atoms with van der Waals surface area (Å²) in [5.74, 6) is -0.838. The maximum absolute atomic E-state index is 5.61. The van der Waals surface area contributed by atoms with Crippen molar-refractivity contribution in [1.29, 1.82) is 0 Å². The molecule has 25 heavy (non-hydrogen) atoms. The monoisotopic (exact) mass is 351 g/mol. The van der Waals surface area contributed by atoms with Crippen LogP contribution in [0.3, 0.4) is 0 Å². The van der Waals surface area contributed by atoms with Gasteiger partial charge in [-0.3, -0.25) is 0 Å². The van der Waals surface area contributed by atoms with Crippen LogP contribution in [0.1, 0.15) is 57.4 Å². The van der Waals surface area contributed by atoms with Crippen molar-refractivity contribution in [2.45, 2.75) is 64.4 Å². The first-order chi connectivity index (χ1) is 12.2. The van der Waals surface area contributed by atoms with E-state index in [1.165, 1.54) is 44.1 Å². The summed E-state index contributed by atoms with van der Waals surface area (Å²) in [7, 11) is 4.95. The molecule has 0 spiro atoms. The van der Waals surface area contributed by atoms with Crippen molar-refractivity contribution >= 4 is 0 Å². The van der Waals surface area contributed by atoms with Gasteiger partial charge in [0.05, 0.1) is 5.92 Å². The van der Waals surface area contributed by atoms with E-state index in [9.17, 15) is 0 Å². The number of benzene rings is 1. The van der Waals surface area contributed by atoms with Crippen molar-refractivity contribution in [3.63, 3.8) is 0 Å². The molecular weight excluding hydrogens is 314 g/mol. The lowest BCUT2D eigenvalue weighted by atomic mass is 9.97. The van der Waals surface area contributed by atoms with Gasteiger partial charge in [-0.05, 0) is 12.0 Å². The standard InChI is InChI=1S/C21H37NO3/c1-5-6-7-8-9-13-16-20(21(23-2,24-3)25-4)18-22-17-19-14-11-10-12-15-19/h10-12,14-15,20,22H,5-9,13,16-18H2,1-4H3. The van der Waals surface area contributed by atoms with Crippen molar-refractivity contribution in [3.8, 4) is 0 Å². The highest BCUT2D eigenvalue weighted by atomic mass is 16.9. The molecule has 0 saturated carbocycles. The van der Waals surface area contributed by atoms with E-state index in [1.807, 2.05) is 6.07 Å². The van der Waals surface area contributed by atoms with Crippen LogP contribution in [0.4, 0.5) is 0 Å². The topological polar surface area (TPSA) is 39.7 Å². The van der Waals surface area contributed by atoms with Crippen LogP contribution in [0.5, 0.6) is 0 Å².